The summed E-state index contributed by atoms with van der Waals surface area (Å²) in [6.07, 6.45) is 12.7. The van der Waals surface area contributed by atoms with E-state index in [1.807, 2.05) is 0 Å². The smallest absolute Gasteiger partial charge is 0.0919 e. The first kappa shape index (κ1) is 9.46. The lowest BCUT2D eigenvalue weighted by atomic mass is 10.2. The van der Waals surface area contributed by atoms with Crippen LogP contribution in [0, 0.1) is 0 Å². The van der Waals surface area contributed by atoms with E-state index in [-0.39, 0.29) is 0 Å². The van der Waals surface area contributed by atoms with Gasteiger partial charge in [0.05, 0.1) is 10.7 Å². The standard InChI is InChI=1S/C11H14N2S/c1-12-10(9-6-4-5-7-9)8-11(14-3)13(12)2/h4-8H,1-3H3. The van der Waals surface area contributed by atoms with Gasteiger partial charge in [-0.05, 0) is 17.9 Å². The molecule has 1 heterocycles. The maximum Gasteiger partial charge on any atom is 0.0919 e. The minimum absolute atomic E-state index is 1.27. The zero-order valence-electron chi connectivity index (χ0n) is 8.69. The molecule has 0 N–H and O–H groups in total. The Bertz CT molecular complexity index is 349. The highest BCUT2D eigenvalue weighted by molar-refractivity contribution is 8.02. The largest absolute Gasteiger partial charge is 0.288 e. The molecule has 3 heteroatoms. The van der Waals surface area contributed by atoms with E-state index in [4.69, 9.17) is 0 Å². The lowest BCUT2D eigenvalue weighted by Gasteiger charge is -2.26. The van der Waals surface area contributed by atoms with Gasteiger partial charge in [0.1, 0.15) is 0 Å². The van der Waals surface area contributed by atoms with Crippen molar-refractivity contribution in [2.45, 2.75) is 0 Å². The summed E-state index contributed by atoms with van der Waals surface area (Å²) >= 11 is 1.77. The molecule has 0 saturated carbocycles. The fourth-order valence-corrected chi connectivity index (χ4v) is 2.24. The molecule has 0 atom stereocenters. The van der Waals surface area contributed by atoms with Crippen LogP contribution in [0.1, 0.15) is 0 Å². The van der Waals surface area contributed by atoms with Crippen molar-refractivity contribution in [2.75, 3.05) is 20.4 Å². The van der Waals surface area contributed by atoms with Crippen LogP contribution < -0.4 is 0 Å². The first-order valence-electron chi connectivity index (χ1n) is 4.56. The molecule has 0 bridgehead atoms. The van der Waals surface area contributed by atoms with Crippen LogP contribution in [-0.4, -0.2) is 30.4 Å². The number of allylic oxidation sites excluding steroid dienone is 6. The molecule has 1 aliphatic carbocycles. The Morgan fingerprint density at radius 1 is 1.07 bits per heavy atom. The predicted octanol–water partition coefficient (Wildman–Crippen LogP) is 2.36. The summed E-state index contributed by atoms with van der Waals surface area (Å²) in [5.41, 5.74) is 2.55. The van der Waals surface area contributed by atoms with E-state index in [2.05, 4.69) is 60.7 Å². The molecule has 0 radical (unpaired) electrons. The van der Waals surface area contributed by atoms with Crippen LogP contribution in [-0.2, 0) is 0 Å². The number of hydrazine groups is 1. The lowest BCUT2D eigenvalue weighted by molar-refractivity contribution is 0.144. The summed E-state index contributed by atoms with van der Waals surface area (Å²) in [5, 5.41) is 5.61. The molecule has 14 heavy (non-hydrogen) atoms. The quantitative estimate of drug-likeness (QED) is 0.650. The SMILES string of the molecule is CSC1=CC(=C2C=CC=C2)N(C)N1C. The van der Waals surface area contributed by atoms with E-state index >= 15 is 0 Å². The van der Waals surface area contributed by atoms with Crippen LogP contribution in [0.15, 0.2) is 46.7 Å². The van der Waals surface area contributed by atoms with Gasteiger partial charge in [0.25, 0.3) is 0 Å². The Morgan fingerprint density at radius 2 is 1.71 bits per heavy atom. The normalized spacial score (nSPS) is 20.1. The zero-order valence-corrected chi connectivity index (χ0v) is 9.51. The molecule has 0 fully saturated rings. The minimum atomic E-state index is 1.27. The van der Waals surface area contributed by atoms with Crippen LogP contribution in [0.3, 0.4) is 0 Å². The fourth-order valence-electron chi connectivity index (χ4n) is 1.62. The van der Waals surface area contributed by atoms with Crippen LogP contribution in [0.5, 0.6) is 0 Å². The fraction of sp³-hybridized carbons (Fsp3) is 0.273. The van der Waals surface area contributed by atoms with Gasteiger partial charge in [0.2, 0.25) is 0 Å². The Hall–Kier alpha value is -1.09. The third kappa shape index (κ3) is 1.38. The third-order valence-corrected chi connectivity index (χ3v) is 3.35. The highest BCUT2D eigenvalue weighted by Crippen LogP contribution is 2.31. The molecule has 0 spiro atoms. The van der Waals surface area contributed by atoms with E-state index in [1.165, 1.54) is 16.3 Å². The Morgan fingerprint density at radius 3 is 2.21 bits per heavy atom. The maximum absolute atomic E-state index is 2.22. The van der Waals surface area contributed by atoms with Crippen molar-refractivity contribution in [3.8, 4) is 0 Å². The molecule has 0 aromatic carbocycles. The number of likely N-dealkylation sites (N-methyl/N-ethyl adjacent to an activating group) is 1. The molecule has 0 amide bonds. The molecule has 2 aliphatic rings. The first-order valence-corrected chi connectivity index (χ1v) is 5.78. The molecule has 74 valence electrons. The highest BCUT2D eigenvalue weighted by Gasteiger charge is 2.21. The number of thioether (sulfide) groups is 1. The number of nitrogens with zero attached hydrogens (tertiary/aromatic N) is 2. The third-order valence-electron chi connectivity index (χ3n) is 2.55. The predicted molar refractivity (Wildman–Crippen MR) is 62.4 cm³/mol. The van der Waals surface area contributed by atoms with Crippen molar-refractivity contribution in [1.29, 1.82) is 0 Å². The summed E-state index contributed by atoms with van der Waals surface area (Å²) in [4.78, 5) is 0. The van der Waals surface area contributed by atoms with Crippen LogP contribution in [0.25, 0.3) is 0 Å². The monoisotopic (exact) mass is 206 g/mol. The average molecular weight is 206 g/mol. The van der Waals surface area contributed by atoms with Gasteiger partial charge in [-0.3, -0.25) is 10.0 Å². The summed E-state index contributed by atoms with van der Waals surface area (Å²) in [6.45, 7) is 0. The van der Waals surface area contributed by atoms with Gasteiger partial charge in [0, 0.05) is 14.1 Å². The summed E-state index contributed by atoms with van der Waals surface area (Å²) < 4.78 is 0. The molecular formula is C11H14N2S. The maximum atomic E-state index is 2.22. The van der Waals surface area contributed by atoms with Crippen LogP contribution >= 0.6 is 11.8 Å². The van der Waals surface area contributed by atoms with Crippen molar-refractivity contribution in [3.05, 3.63) is 46.7 Å². The molecule has 0 aromatic heterocycles. The van der Waals surface area contributed by atoms with Crippen molar-refractivity contribution in [3.63, 3.8) is 0 Å². The van der Waals surface area contributed by atoms with Gasteiger partial charge in [-0.2, -0.15) is 0 Å². The topological polar surface area (TPSA) is 6.48 Å². The van der Waals surface area contributed by atoms with Crippen molar-refractivity contribution in [2.24, 2.45) is 0 Å². The van der Waals surface area contributed by atoms with E-state index in [0.29, 0.717) is 0 Å². The zero-order chi connectivity index (χ0) is 10.1. The van der Waals surface area contributed by atoms with Gasteiger partial charge in [-0.15, -0.1) is 11.8 Å². The lowest BCUT2D eigenvalue weighted by Crippen LogP contribution is -2.28. The van der Waals surface area contributed by atoms with Crippen molar-refractivity contribution >= 4 is 11.8 Å². The van der Waals surface area contributed by atoms with Gasteiger partial charge in [-0.1, -0.05) is 24.3 Å². The van der Waals surface area contributed by atoms with Crippen LogP contribution in [0.4, 0.5) is 0 Å². The molecule has 2 nitrogen and oxygen atoms in total. The van der Waals surface area contributed by atoms with Crippen molar-refractivity contribution < 1.29 is 0 Å². The Balaban J connectivity index is 2.39. The van der Waals surface area contributed by atoms with Gasteiger partial charge < -0.3 is 0 Å². The molecular weight excluding hydrogens is 192 g/mol. The Labute approximate surface area is 89.2 Å². The van der Waals surface area contributed by atoms with E-state index in [9.17, 15) is 0 Å². The first-order chi connectivity index (χ1) is 6.74. The second kappa shape index (κ2) is 3.58. The van der Waals surface area contributed by atoms with E-state index < -0.39 is 0 Å². The second-order valence-corrected chi connectivity index (χ2v) is 4.12. The number of rotatable bonds is 1. The van der Waals surface area contributed by atoms with Crippen molar-refractivity contribution in [1.82, 2.24) is 10.0 Å². The molecule has 2 rings (SSSR count). The van der Waals surface area contributed by atoms with Gasteiger partial charge >= 0.3 is 0 Å². The average Bonchev–Trinajstić information content (AvgIpc) is 2.78. The number of hydrogen-bond acceptors (Lipinski definition) is 3. The second-order valence-electron chi connectivity index (χ2n) is 3.29. The summed E-state index contributed by atoms with van der Waals surface area (Å²) in [7, 11) is 4.17. The Kier molecular flexibility index (Phi) is 2.42. The van der Waals surface area contributed by atoms with Gasteiger partial charge in [-0.25, -0.2) is 0 Å². The molecule has 0 aromatic rings. The number of hydrogen-bond donors (Lipinski definition) is 0. The summed E-state index contributed by atoms with van der Waals surface area (Å²) in [5.74, 6) is 0. The summed E-state index contributed by atoms with van der Waals surface area (Å²) in [6, 6.07) is 0. The highest BCUT2D eigenvalue weighted by atomic mass is 32.2. The van der Waals surface area contributed by atoms with E-state index in [0.717, 1.165) is 0 Å². The van der Waals surface area contributed by atoms with Gasteiger partial charge in [0.15, 0.2) is 0 Å². The minimum Gasteiger partial charge on any atom is -0.288 e. The molecule has 1 aliphatic heterocycles. The van der Waals surface area contributed by atoms with E-state index in [1.54, 1.807) is 11.8 Å². The molecule has 0 unspecified atom stereocenters. The molecule has 0 saturated heterocycles. The van der Waals surface area contributed by atoms with Crippen LogP contribution in [0.2, 0.25) is 0 Å².